The molecule has 4 nitrogen and oxygen atoms in total. The molecule has 2 aromatic rings. The Kier molecular flexibility index (Phi) is 4.42. The zero-order chi connectivity index (χ0) is 16.4. The van der Waals surface area contributed by atoms with Crippen LogP contribution in [-0.2, 0) is 13.1 Å². The molecule has 2 aliphatic heterocycles. The van der Waals surface area contributed by atoms with E-state index in [0.29, 0.717) is 5.41 Å². The molecule has 0 aliphatic carbocycles. The summed E-state index contributed by atoms with van der Waals surface area (Å²) >= 11 is 0. The fourth-order valence-corrected chi connectivity index (χ4v) is 4.45. The Morgan fingerprint density at radius 2 is 1.92 bits per heavy atom. The maximum atomic E-state index is 5.78. The monoisotopic (exact) mass is 325 g/mol. The van der Waals surface area contributed by atoms with Crippen LogP contribution in [0.15, 0.2) is 40.9 Å². The average Bonchev–Trinajstić information content (AvgIpc) is 3.15. The van der Waals surface area contributed by atoms with Gasteiger partial charge in [-0.1, -0.05) is 6.07 Å². The number of rotatable bonds is 4. The van der Waals surface area contributed by atoms with Gasteiger partial charge in [-0.3, -0.25) is 14.8 Å². The zero-order valence-electron chi connectivity index (χ0n) is 14.6. The van der Waals surface area contributed by atoms with Crippen LogP contribution >= 0.6 is 0 Å². The number of hydrogen-bond donors (Lipinski definition) is 0. The zero-order valence-corrected chi connectivity index (χ0v) is 14.6. The Labute approximate surface area is 144 Å². The van der Waals surface area contributed by atoms with Gasteiger partial charge in [-0.2, -0.15) is 0 Å². The van der Waals surface area contributed by atoms with Gasteiger partial charge in [0.2, 0.25) is 0 Å². The van der Waals surface area contributed by atoms with Gasteiger partial charge in [-0.05, 0) is 69.0 Å². The molecule has 0 unspecified atom stereocenters. The lowest BCUT2D eigenvalue weighted by Crippen LogP contribution is -2.44. The summed E-state index contributed by atoms with van der Waals surface area (Å²) in [7, 11) is 0. The molecule has 1 spiro atoms. The van der Waals surface area contributed by atoms with Crippen LogP contribution in [0.3, 0.4) is 0 Å². The Morgan fingerprint density at radius 3 is 2.67 bits per heavy atom. The summed E-state index contributed by atoms with van der Waals surface area (Å²) in [6, 6.07) is 10.4. The molecule has 24 heavy (non-hydrogen) atoms. The van der Waals surface area contributed by atoms with E-state index in [2.05, 4.69) is 39.0 Å². The lowest BCUT2D eigenvalue weighted by atomic mass is 9.79. The van der Waals surface area contributed by atoms with Crippen LogP contribution < -0.4 is 0 Å². The van der Waals surface area contributed by atoms with Crippen molar-refractivity contribution in [3.05, 3.63) is 53.7 Å². The molecule has 4 rings (SSSR count). The number of piperidine rings is 1. The molecule has 2 fully saturated rings. The Bertz CT molecular complexity index is 669. The van der Waals surface area contributed by atoms with Gasteiger partial charge in [-0.25, -0.2) is 0 Å². The van der Waals surface area contributed by atoms with Gasteiger partial charge in [0.25, 0.3) is 0 Å². The summed E-state index contributed by atoms with van der Waals surface area (Å²) in [5, 5.41) is 0. The molecule has 0 aromatic carbocycles. The molecule has 0 saturated carbocycles. The maximum absolute atomic E-state index is 5.78. The number of aryl methyl sites for hydroxylation is 1. The van der Waals surface area contributed by atoms with E-state index in [1.54, 1.807) is 0 Å². The summed E-state index contributed by atoms with van der Waals surface area (Å²) in [5.74, 6) is 2.12. The number of likely N-dealkylation sites (tertiary alicyclic amines) is 2. The lowest BCUT2D eigenvalue weighted by molar-refractivity contribution is 0.0812. The first-order valence-corrected chi connectivity index (χ1v) is 9.11. The number of furan rings is 1. The normalized spacial score (nSPS) is 25.5. The summed E-state index contributed by atoms with van der Waals surface area (Å²) in [6.07, 6.45) is 5.87. The van der Waals surface area contributed by atoms with Crippen molar-refractivity contribution in [2.75, 3.05) is 26.2 Å². The molecule has 4 heterocycles. The highest BCUT2D eigenvalue weighted by molar-refractivity contribution is 5.07. The van der Waals surface area contributed by atoms with Gasteiger partial charge in [0.15, 0.2) is 0 Å². The fraction of sp³-hybridized carbons (Fsp3) is 0.550. The fourth-order valence-electron chi connectivity index (χ4n) is 4.45. The van der Waals surface area contributed by atoms with Gasteiger partial charge in [0.1, 0.15) is 11.5 Å². The van der Waals surface area contributed by atoms with Gasteiger partial charge in [0, 0.05) is 25.8 Å². The van der Waals surface area contributed by atoms with Crippen LogP contribution in [0.1, 0.15) is 36.5 Å². The second-order valence-electron chi connectivity index (χ2n) is 7.61. The van der Waals surface area contributed by atoms with Crippen molar-refractivity contribution in [3.63, 3.8) is 0 Å². The Hall–Kier alpha value is -1.65. The third-order valence-electron chi connectivity index (χ3n) is 5.55. The first-order valence-electron chi connectivity index (χ1n) is 9.11. The molecular formula is C20H27N3O. The molecule has 2 saturated heterocycles. The first-order chi connectivity index (χ1) is 11.7. The largest absolute Gasteiger partial charge is 0.465 e. The van der Waals surface area contributed by atoms with Crippen LogP contribution in [-0.4, -0.2) is 41.0 Å². The van der Waals surface area contributed by atoms with Gasteiger partial charge >= 0.3 is 0 Å². The highest BCUT2D eigenvalue weighted by Gasteiger charge is 2.41. The number of nitrogens with zero attached hydrogens (tertiary/aromatic N) is 3. The van der Waals surface area contributed by atoms with Crippen molar-refractivity contribution >= 4 is 0 Å². The van der Waals surface area contributed by atoms with Crippen LogP contribution in [0.25, 0.3) is 0 Å². The van der Waals surface area contributed by atoms with Crippen molar-refractivity contribution < 1.29 is 4.42 Å². The van der Waals surface area contributed by atoms with Crippen molar-refractivity contribution in [2.24, 2.45) is 5.41 Å². The quantitative estimate of drug-likeness (QED) is 0.862. The lowest BCUT2D eigenvalue weighted by Gasteiger charge is -2.40. The van der Waals surface area contributed by atoms with E-state index in [4.69, 9.17) is 4.42 Å². The molecule has 0 bridgehead atoms. The van der Waals surface area contributed by atoms with Crippen LogP contribution in [0.5, 0.6) is 0 Å². The Morgan fingerprint density at radius 1 is 1.04 bits per heavy atom. The van der Waals surface area contributed by atoms with Crippen molar-refractivity contribution in [1.29, 1.82) is 0 Å². The van der Waals surface area contributed by atoms with Crippen molar-refractivity contribution in [1.82, 2.24) is 14.8 Å². The van der Waals surface area contributed by atoms with Crippen molar-refractivity contribution in [3.8, 4) is 0 Å². The topological polar surface area (TPSA) is 32.5 Å². The summed E-state index contributed by atoms with van der Waals surface area (Å²) < 4.78 is 5.78. The minimum Gasteiger partial charge on any atom is -0.465 e. The predicted octanol–water partition coefficient (Wildman–Crippen LogP) is 3.47. The van der Waals surface area contributed by atoms with Gasteiger partial charge in [-0.15, -0.1) is 0 Å². The van der Waals surface area contributed by atoms with E-state index in [0.717, 1.165) is 24.6 Å². The molecule has 4 heteroatoms. The van der Waals surface area contributed by atoms with Crippen LogP contribution in [0.4, 0.5) is 0 Å². The molecule has 0 amide bonds. The number of hydrogen-bond acceptors (Lipinski definition) is 4. The van der Waals surface area contributed by atoms with Crippen LogP contribution in [0.2, 0.25) is 0 Å². The minimum atomic E-state index is 0.467. The molecule has 2 aliphatic rings. The van der Waals surface area contributed by atoms with E-state index < -0.39 is 0 Å². The first kappa shape index (κ1) is 15.9. The molecule has 2 aromatic heterocycles. The summed E-state index contributed by atoms with van der Waals surface area (Å²) in [4.78, 5) is 9.66. The van der Waals surface area contributed by atoms with E-state index >= 15 is 0 Å². The van der Waals surface area contributed by atoms with E-state index in [1.165, 1.54) is 51.1 Å². The second kappa shape index (κ2) is 6.69. The smallest absolute Gasteiger partial charge is 0.118 e. The highest BCUT2D eigenvalue weighted by atomic mass is 16.3. The molecule has 0 N–H and O–H groups in total. The highest BCUT2D eigenvalue weighted by Crippen LogP contribution is 2.39. The molecule has 0 radical (unpaired) electrons. The van der Waals surface area contributed by atoms with Crippen LogP contribution in [0, 0.1) is 12.3 Å². The minimum absolute atomic E-state index is 0.467. The Balaban J connectivity index is 1.36. The summed E-state index contributed by atoms with van der Waals surface area (Å²) in [6.45, 7) is 8.76. The SMILES string of the molecule is Cc1ccc(CN2CCC[C@@]3(CCN(Cc4ccccn4)C3)C2)o1. The number of pyridine rings is 1. The third-order valence-corrected chi connectivity index (χ3v) is 5.55. The van der Waals surface area contributed by atoms with Gasteiger partial charge in [0.05, 0.1) is 12.2 Å². The second-order valence-corrected chi connectivity index (χ2v) is 7.61. The standard InChI is InChI=1S/C20H27N3O/c1-17-6-7-19(24-17)14-22-11-4-8-20(15-22)9-12-23(16-20)13-18-5-2-3-10-21-18/h2-3,5-7,10H,4,8-9,11-16H2,1H3/t20-/m1/s1. The maximum Gasteiger partial charge on any atom is 0.118 e. The predicted molar refractivity (Wildman–Crippen MR) is 94.5 cm³/mol. The van der Waals surface area contributed by atoms with Crippen molar-refractivity contribution in [2.45, 2.75) is 39.3 Å². The molecular weight excluding hydrogens is 298 g/mol. The molecule has 128 valence electrons. The summed E-state index contributed by atoms with van der Waals surface area (Å²) in [5.41, 5.74) is 1.66. The van der Waals surface area contributed by atoms with E-state index in [-0.39, 0.29) is 0 Å². The third kappa shape index (κ3) is 3.55. The van der Waals surface area contributed by atoms with E-state index in [1.807, 2.05) is 19.2 Å². The molecule has 1 atom stereocenters. The van der Waals surface area contributed by atoms with E-state index in [9.17, 15) is 0 Å². The number of aromatic nitrogens is 1. The van der Waals surface area contributed by atoms with Gasteiger partial charge < -0.3 is 4.42 Å². The average molecular weight is 325 g/mol.